The van der Waals surface area contributed by atoms with Gasteiger partial charge in [-0.05, 0) is 41.5 Å². The maximum atomic E-state index is 12.6. The first-order valence-electron chi connectivity index (χ1n) is 10.0. The molecular weight excluding hydrogens is 408 g/mol. The molecule has 1 atom stereocenters. The Labute approximate surface area is 186 Å². The summed E-state index contributed by atoms with van der Waals surface area (Å²) in [5.41, 5.74) is 7.83. The molecule has 3 N–H and O–H groups in total. The van der Waals surface area contributed by atoms with E-state index in [9.17, 15) is 14.4 Å². The molecule has 0 saturated heterocycles. The van der Waals surface area contributed by atoms with E-state index >= 15 is 0 Å². The van der Waals surface area contributed by atoms with Crippen molar-refractivity contribution in [3.8, 4) is 5.75 Å². The Morgan fingerprint density at radius 2 is 1.56 bits per heavy atom. The summed E-state index contributed by atoms with van der Waals surface area (Å²) < 4.78 is 10.4. The number of amides is 2. The van der Waals surface area contributed by atoms with Crippen LogP contribution >= 0.6 is 0 Å². The highest BCUT2D eigenvalue weighted by atomic mass is 16.5. The van der Waals surface area contributed by atoms with Crippen LogP contribution in [0.2, 0.25) is 0 Å². The molecule has 0 aliphatic heterocycles. The van der Waals surface area contributed by atoms with E-state index in [0.717, 1.165) is 11.1 Å². The summed E-state index contributed by atoms with van der Waals surface area (Å²) in [6, 6.07) is 22.2. The Morgan fingerprint density at radius 1 is 0.875 bits per heavy atom. The molecule has 7 heteroatoms. The number of carbonyl (C=O) groups excluding carboxylic acids is 3. The minimum absolute atomic E-state index is 0.219. The second-order valence-corrected chi connectivity index (χ2v) is 7.12. The third-order valence-corrected chi connectivity index (χ3v) is 4.81. The number of nitrogens with two attached hydrogens (primary N) is 1. The van der Waals surface area contributed by atoms with Gasteiger partial charge in [0.25, 0.3) is 5.91 Å². The first-order valence-corrected chi connectivity index (χ1v) is 10.0. The number of primary amides is 1. The molecule has 3 rings (SSSR count). The molecule has 0 unspecified atom stereocenters. The molecule has 0 aromatic heterocycles. The molecule has 32 heavy (non-hydrogen) atoms. The maximum absolute atomic E-state index is 12.6. The van der Waals surface area contributed by atoms with Gasteiger partial charge in [0.2, 0.25) is 5.91 Å². The predicted molar refractivity (Wildman–Crippen MR) is 119 cm³/mol. The van der Waals surface area contributed by atoms with E-state index < -0.39 is 23.8 Å². The monoisotopic (exact) mass is 432 g/mol. The quantitative estimate of drug-likeness (QED) is 0.506. The Morgan fingerprint density at radius 3 is 2.22 bits per heavy atom. The van der Waals surface area contributed by atoms with Crippen molar-refractivity contribution in [1.29, 1.82) is 0 Å². The van der Waals surface area contributed by atoms with E-state index in [2.05, 4.69) is 10.1 Å². The van der Waals surface area contributed by atoms with Crippen molar-refractivity contribution in [3.05, 3.63) is 101 Å². The van der Waals surface area contributed by atoms with Gasteiger partial charge in [0.15, 0.2) is 0 Å². The van der Waals surface area contributed by atoms with E-state index in [1.807, 2.05) is 42.5 Å². The lowest BCUT2D eigenvalue weighted by Gasteiger charge is -2.16. The average molecular weight is 432 g/mol. The first-order chi connectivity index (χ1) is 15.5. The van der Waals surface area contributed by atoms with E-state index in [1.165, 1.54) is 19.2 Å². The zero-order valence-corrected chi connectivity index (χ0v) is 17.6. The second kappa shape index (κ2) is 10.8. The fourth-order valence-corrected chi connectivity index (χ4v) is 3.07. The summed E-state index contributed by atoms with van der Waals surface area (Å²) in [5, 5.41) is 2.63. The number of hydrogen-bond acceptors (Lipinski definition) is 5. The van der Waals surface area contributed by atoms with Crippen LogP contribution in [0.1, 0.15) is 31.8 Å². The van der Waals surface area contributed by atoms with Crippen molar-refractivity contribution in [2.45, 2.75) is 19.1 Å². The molecule has 0 fully saturated rings. The summed E-state index contributed by atoms with van der Waals surface area (Å²) in [6.07, 6.45) is 0.219. The highest BCUT2D eigenvalue weighted by molar-refractivity contribution is 5.99. The SMILES string of the molecule is COC(=O)c1cccc(C(=O)N[C@@H](Cc2ccc(OCc3ccccc3)cc2)C(N)=O)c1. The predicted octanol–water partition coefficient (Wildman–Crippen LogP) is 2.88. The van der Waals surface area contributed by atoms with Gasteiger partial charge in [-0.15, -0.1) is 0 Å². The average Bonchev–Trinajstić information content (AvgIpc) is 2.83. The van der Waals surface area contributed by atoms with Gasteiger partial charge in [-0.1, -0.05) is 48.5 Å². The molecule has 7 nitrogen and oxygen atoms in total. The number of benzene rings is 3. The third-order valence-electron chi connectivity index (χ3n) is 4.81. The Kier molecular flexibility index (Phi) is 7.59. The number of methoxy groups -OCH3 is 1. The summed E-state index contributed by atoms with van der Waals surface area (Å²) in [7, 11) is 1.26. The standard InChI is InChI=1S/C25H24N2O5/c1-31-25(30)20-9-5-8-19(15-20)24(29)27-22(23(26)28)14-17-10-12-21(13-11-17)32-16-18-6-3-2-4-7-18/h2-13,15,22H,14,16H2,1H3,(H2,26,28)(H,27,29)/t22-/m0/s1. The third kappa shape index (κ3) is 6.18. The van der Waals surface area contributed by atoms with Crippen molar-refractivity contribution in [3.63, 3.8) is 0 Å². The van der Waals surface area contributed by atoms with Gasteiger partial charge in [0.05, 0.1) is 12.7 Å². The zero-order valence-electron chi connectivity index (χ0n) is 17.6. The summed E-state index contributed by atoms with van der Waals surface area (Å²) in [4.78, 5) is 36.2. The van der Waals surface area contributed by atoms with Gasteiger partial charge >= 0.3 is 5.97 Å². The second-order valence-electron chi connectivity index (χ2n) is 7.12. The van der Waals surface area contributed by atoms with E-state index in [-0.39, 0.29) is 17.5 Å². The normalized spacial score (nSPS) is 11.3. The number of esters is 1. The lowest BCUT2D eigenvalue weighted by Crippen LogP contribution is -2.45. The lowest BCUT2D eigenvalue weighted by atomic mass is 10.0. The topological polar surface area (TPSA) is 108 Å². The minimum atomic E-state index is -0.916. The van der Waals surface area contributed by atoms with Crippen molar-refractivity contribution in [1.82, 2.24) is 5.32 Å². The van der Waals surface area contributed by atoms with Gasteiger partial charge in [0, 0.05) is 12.0 Å². The number of carbonyl (C=O) groups is 3. The van der Waals surface area contributed by atoms with Crippen molar-refractivity contribution in [2.24, 2.45) is 5.73 Å². The highest BCUT2D eigenvalue weighted by Gasteiger charge is 2.20. The lowest BCUT2D eigenvalue weighted by molar-refractivity contribution is -0.119. The van der Waals surface area contributed by atoms with Crippen molar-refractivity contribution in [2.75, 3.05) is 7.11 Å². The molecule has 0 heterocycles. The number of nitrogens with one attached hydrogen (secondary N) is 1. The van der Waals surface area contributed by atoms with Crippen molar-refractivity contribution < 1.29 is 23.9 Å². The minimum Gasteiger partial charge on any atom is -0.489 e. The summed E-state index contributed by atoms with van der Waals surface area (Å²) in [5.74, 6) is -1.04. The molecule has 2 amide bonds. The van der Waals surface area contributed by atoms with Gasteiger partial charge in [-0.25, -0.2) is 4.79 Å². The molecule has 0 aliphatic rings. The van der Waals surface area contributed by atoms with E-state index in [0.29, 0.717) is 12.4 Å². The van der Waals surface area contributed by atoms with Crippen LogP contribution in [0, 0.1) is 0 Å². The van der Waals surface area contributed by atoms with Crippen LogP contribution in [0.25, 0.3) is 0 Å². The van der Waals surface area contributed by atoms with Crippen LogP contribution in [0.15, 0.2) is 78.9 Å². The van der Waals surface area contributed by atoms with Gasteiger partial charge in [-0.3, -0.25) is 9.59 Å². The molecule has 3 aromatic rings. The van der Waals surface area contributed by atoms with Crippen LogP contribution in [-0.4, -0.2) is 30.9 Å². The van der Waals surface area contributed by atoms with E-state index in [1.54, 1.807) is 24.3 Å². The van der Waals surface area contributed by atoms with Gasteiger partial charge < -0.3 is 20.5 Å². The molecule has 0 radical (unpaired) electrons. The zero-order chi connectivity index (χ0) is 22.9. The largest absolute Gasteiger partial charge is 0.489 e. The molecular formula is C25H24N2O5. The van der Waals surface area contributed by atoms with Gasteiger partial charge in [0.1, 0.15) is 18.4 Å². The van der Waals surface area contributed by atoms with Crippen LogP contribution in [-0.2, 0) is 22.6 Å². The highest BCUT2D eigenvalue weighted by Crippen LogP contribution is 2.16. The molecule has 164 valence electrons. The molecule has 3 aromatic carbocycles. The number of hydrogen-bond donors (Lipinski definition) is 2. The Balaban J connectivity index is 1.62. The van der Waals surface area contributed by atoms with Crippen LogP contribution < -0.4 is 15.8 Å². The smallest absolute Gasteiger partial charge is 0.337 e. The maximum Gasteiger partial charge on any atom is 0.337 e. The van der Waals surface area contributed by atoms with Crippen LogP contribution in [0.5, 0.6) is 5.75 Å². The van der Waals surface area contributed by atoms with E-state index in [4.69, 9.17) is 10.5 Å². The Bertz CT molecular complexity index is 1080. The van der Waals surface area contributed by atoms with Crippen LogP contribution in [0.4, 0.5) is 0 Å². The summed E-state index contributed by atoms with van der Waals surface area (Å²) >= 11 is 0. The Hall–Kier alpha value is -4.13. The molecule has 0 saturated carbocycles. The summed E-state index contributed by atoms with van der Waals surface area (Å²) in [6.45, 7) is 0.449. The fourth-order valence-electron chi connectivity index (χ4n) is 3.07. The number of ether oxygens (including phenoxy) is 2. The van der Waals surface area contributed by atoms with Gasteiger partial charge in [-0.2, -0.15) is 0 Å². The molecule has 0 aliphatic carbocycles. The van der Waals surface area contributed by atoms with Crippen LogP contribution in [0.3, 0.4) is 0 Å². The number of rotatable bonds is 9. The van der Waals surface area contributed by atoms with Crippen molar-refractivity contribution >= 4 is 17.8 Å². The molecule has 0 bridgehead atoms. The molecule has 0 spiro atoms. The fraction of sp³-hybridized carbons (Fsp3) is 0.160. The first kappa shape index (κ1) is 22.6.